The van der Waals surface area contributed by atoms with Crippen molar-refractivity contribution in [1.82, 2.24) is 9.80 Å². The van der Waals surface area contributed by atoms with E-state index in [4.69, 9.17) is 4.74 Å². The number of ketones is 1. The molecule has 0 spiro atoms. The molecule has 1 amide bonds. The summed E-state index contributed by atoms with van der Waals surface area (Å²) in [5.41, 5.74) is 3.48. The number of likely N-dealkylation sites (tertiary alicyclic amines) is 1. The molecule has 2 aromatic rings. The van der Waals surface area contributed by atoms with Gasteiger partial charge in [-0.05, 0) is 81.7 Å². The van der Waals surface area contributed by atoms with Crippen molar-refractivity contribution in [2.45, 2.75) is 46.1 Å². The Morgan fingerprint density at radius 2 is 1.79 bits per heavy atom. The van der Waals surface area contributed by atoms with Crippen LogP contribution in [-0.2, 0) is 9.59 Å². The average Bonchev–Trinajstić information content (AvgIpc) is 3.05. The molecule has 0 bridgehead atoms. The van der Waals surface area contributed by atoms with Crippen molar-refractivity contribution in [3.05, 3.63) is 70.3 Å². The summed E-state index contributed by atoms with van der Waals surface area (Å²) in [5, 5.41) is 11.3. The minimum absolute atomic E-state index is 0.135. The number of carbonyl (C=O) groups excluding carboxylic acids is 2. The summed E-state index contributed by atoms with van der Waals surface area (Å²) in [6, 6.07) is 12.7. The van der Waals surface area contributed by atoms with Gasteiger partial charge in [-0.2, -0.15) is 0 Å². The molecule has 1 heterocycles. The molecule has 0 unspecified atom stereocenters. The van der Waals surface area contributed by atoms with Crippen LogP contribution in [0.15, 0.2) is 48.0 Å². The first-order chi connectivity index (χ1) is 16.1. The Bertz CT molecular complexity index is 1070. The highest BCUT2D eigenvalue weighted by atomic mass is 16.5. The highest BCUT2D eigenvalue weighted by molar-refractivity contribution is 6.46. The summed E-state index contributed by atoms with van der Waals surface area (Å²) in [4.78, 5) is 29.9. The Balaban J connectivity index is 2.09. The maximum Gasteiger partial charge on any atom is 0.295 e. The number of rotatable bonds is 9. The Labute approximate surface area is 202 Å². The summed E-state index contributed by atoms with van der Waals surface area (Å²) < 4.78 is 5.61. The second-order valence-electron chi connectivity index (χ2n) is 9.38. The molecule has 3 rings (SSSR count). The molecule has 6 heteroatoms. The highest BCUT2D eigenvalue weighted by Crippen LogP contribution is 2.40. The third kappa shape index (κ3) is 5.33. The van der Waals surface area contributed by atoms with Crippen LogP contribution in [0.5, 0.6) is 5.75 Å². The average molecular weight is 465 g/mol. The fourth-order valence-corrected chi connectivity index (χ4v) is 4.35. The van der Waals surface area contributed by atoms with Gasteiger partial charge in [0.1, 0.15) is 11.5 Å². The molecule has 0 aliphatic carbocycles. The molecule has 1 aliphatic rings. The van der Waals surface area contributed by atoms with Gasteiger partial charge in [-0.15, -0.1) is 0 Å². The van der Waals surface area contributed by atoms with E-state index in [1.165, 1.54) is 5.56 Å². The van der Waals surface area contributed by atoms with Crippen molar-refractivity contribution < 1.29 is 19.4 Å². The van der Waals surface area contributed by atoms with E-state index in [1.807, 2.05) is 57.1 Å². The summed E-state index contributed by atoms with van der Waals surface area (Å²) >= 11 is 0. The number of hydrogen-bond acceptors (Lipinski definition) is 5. The van der Waals surface area contributed by atoms with Gasteiger partial charge in [0.05, 0.1) is 18.2 Å². The molecular weight excluding hydrogens is 428 g/mol. The predicted molar refractivity (Wildman–Crippen MR) is 135 cm³/mol. The lowest BCUT2D eigenvalue weighted by Gasteiger charge is -2.26. The Kier molecular flexibility index (Phi) is 8.15. The topological polar surface area (TPSA) is 70.1 Å². The van der Waals surface area contributed by atoms with Gasteiger partial charge >= 0.3 is 0 Å². The number of Topliss-reactive ketones (excluding diaryl/α,β-unsaturated/α-hetero) is 1. The van der Waals surface area contributed by atoms with Crippen molar-refractivity contribution in [1.29, 1.82) is 0 Å². The van der Waals surface area contributed by atoms with Crippen molar-refractivity contribution in [2.75, 3.05) is 33.8 Å². The molecule has 6 nitrogen and oxygen atoms in total. The summed E-state index contributed by atoms with van der Waals surface area (Å²) in [6.07, 6.45) is 0.725. The van der Waals surface area contributed by atoms with E-state index in [9.17, 15) is 14.7 Å². The number of amides is 1. The summed E-state index contributed by atoms with van der Waals surface area (Å²) in [7, 11) is 3.95. The van der Waals surface area contributed by atoms with Crippen LogP contribution in [-0.4, -0.2) is 60.4 Å². The van der Waals surface area contributed by atoms with Crippen LogP contribution in [0.4, 0.5) is 0 Å². The minimum Gasteiger partial charge on any atom is -0.507 e. The van der Waals surface area contributed by atoms with E-state index in [2.05, 4.69) is 13.8 Å². The largest absolute Gasteiger partial charge is 0.507 e. The third-order valence-electron chi connectivity index (χ3n) is 6.21. The molecule has 1 N–H and O–H groups in total. The molecule has 1 aliphatic heterocycles. The third-order valence-corrected chi connectivity index (χ3v) is 6.21. The van der Waals surface area contributed by atoms with Gasteiger partial charge in [-0.3, -0.25) is 9.59 Å². The number of carbonyl (C=O) groups is 2. The molecule has 0 radical (unpaired) electrons. The molecule has 1 saturated heterocycles. The molecule has 1 atom stereocenters. The first-order valence-electron chi connectivity index (χ1n) is 11.9. The lowest BCUT2D eigenvalue weighted by molar-refractivity contribution is -0.139. The van der Waals surface area contributed by atoms with Crippen LogP contribution in [0.3, 0.4) is 0 Å². The van der Waals surface area contributed by atoms with Gasteiger partial charge in [0.2, 0.25) is 0 Å². The second kappa shape index (κ2) is 10.9. The van der Waals surface area contributed by atoms with Crippen molar-refractivity contribution >= 4 is 17.4 Å². The molecule has 1 fully saturated rings. The fourth-order valence-electron chi connectivity index (χ4n) is 4.35. The molecule has 34 heavy (non-hydrogen) atoms. The Hall–Kier alpha value is -3.12. The summed E-state index contributed by atoms with van der Waals surface area (Å²) in [5.74, 6) is -0.276. The smallest absolute Gasteiger partial charge is 0.295 e. The van der Waals surface area contributed by atoms with E-state index in [1.54, 1.807) is 23.1 Å². The van der Waals surface area contributed by atoms with Crippen LogP contribution in [0.25, 0.3) is 5.76 Å². The Morgan fingerprint density at radius 1 is 1.12 bits per heavy atom. The van der Waals surface area contributed by atoms with Crippen LogP contribution in [0, 0.1) is 6.92 Å². The monoisotopic (exact) mass is 464 g/mol. The zero-order chi connectivity index (χ0) is 25.0. The van der Waals surface area contributed by atoms with E-state index in [0.717, 1.165) is 29.8 Å². The zero-order valence-corrected chi connectivity index (χ0v) is 21.1. The van der Waals surface area contributed by atoms with Gasteiger partial charge in [-0.1, -0.05) is 38.1 Å². The minimum atomic E-state index is -0.646. The quantitative estimate of drug-likeness (QED) is 0.325. The standard InChI is InChI=1S/C28H36N2O4/c1-7-34-23-14-13-22(17-19(23)4)26(31)24-25(21-11-9-20(10-12-21)18(2)3)30(28(33)27(24)32)16-8-15-29(5)6/h9-14,17-18,25,31H,7-8,15-16H2,1-6H3/t25-/m0/s1. The van der Waals surface area contributed by atoms with Crippen molar-refractivity contribution in [3.8, 4) is 5.75 Å². The van der Waals surface area contributed by atoms with E-state index >= 15 is 0 Å². The van der Waals surface area contributed by atoms with Crippen LogP contribution in [0.1, 0.15) is 61.4 Å². The molecule has 0 aromatic heterocycles. The van der Waals surface area contributed by atoms with Gasteiger partial charge < -0.3 is 19.6 Å². The van der Waals surface area contributed by atoms with Crippen molar-refractivity contribution in [3.63, 3.8) is 0 Å². The predicted octanol–water partition coefficient (Wildman–Crippen LogP) is 4.89. The van der Waals surface area contributed by atoms with Crippen LogP contribution in [0.2, 0.25) is 0 Å². The van der Waals surface area contributed by atoms with Crippen molar-refractivity contribution in [2.24, 2.45) is 0 Å². The normalized spacial score (nSPS) is 17.8. The van der Waals surface area contributed by atoms with Crippen LogP contribution < -0.4 is 4.74 Å². The zero-order valence-electron chi connectivity index (χ0n) is 21.1. The maximum absolute atomic E-state index is 13.2. The molecular formula is C28H36N2O4. The summed E-state index contributed by atoms with van der Waals surface area (Å²) in [6.45, 7) is 9.81. The number of aliphatic hydroxyl groups excluding tert-OH is 1. The van der Waals surface area contributed by atoms with Gasteiger partial charge in [-0.25, -0.2) is 0 Å². The number of aryl methyl sites for hydroxylation is 1. The number of benzene rings is 2. The van der Waals surface area contributed by atoms with Crippen LogP contribution >= 0.6 is 0 Å². The molecule has 2 aromatic carbocycles. The fraction of sp³-hybridized carbons (Fsp3) is 0.429. The van der Waals surface area contributed by atoms with E-state index < -0.39 is 17.7 Å². The number of nitrogens with zero attached hydrogens (tertiary/aromatic N) is 2. The van der Waals surface area contributed by atoms with Gasteiger partial charge in [0.15, 0.2) is 0 Å². The first-order valence-corrected chi connectivity index (χ1v) is 11.9. The van der Waals surface area contributed by atoms with Gasteiger partial charge in [0.25, 0.3) is 11.7 Å². The highest BCUT2D eigenvalue weighted by Gasteiger charge is 2.45. The van der Waals surface area contributed by atoms with E-state index in [-0.39, 0.29) is 11.3 Å². The number of ether oxygens (including phenoxy) is 1. The lowest BCUT2D eigenvalue weighted by atomic mass is 9.93. The van der Waals surface area contributed by atoms with E-state index in [0.29, 0.717) is 24.6 Å². The Morgan fingerprint density at radius 3 is 2.35 bits per heavy atom. The SMILES string of the molecule is CCOc1ccc(C(O)=C2C(=O)C(=O)N(CCCN(C)C)[C@H]2c2ccc(C(C)C)cc2)cc1C. The lowest BCUT2D eigenvalue weighted by Crippen LogP contribution is -2.32. The number of hydrogen-bond donors (Lipinski definition) is 1. The maximum atomic E-state index is 13.2. The molecule has 0 saturated carbocycles. The second-order valence-corrected chi connectivity index (χ2v) is 9.38. The molecule has 182 valence electrons. The first kappa shape index (κ1) is 25.5. The van der Waals surface area contributed by atoms with Gasteiger partial charge in [0, 0.05) is 12.1 Å². The number of aliphatic hydroxyl groups is 1.